The maximum Gasteiger partial charge on any atom is 0.254 e. The fourth-order valence-electron chi connectivity index (χ4n) is 4.00. The van der Waals surface area contributed by atoms with Crippen LogP contribution in [-0.2, 0) is 28.9 Å². The first-order valence-corrected chi connectivity index (χ1v) is 9.62. The van der Waals surface area contributed by atoms with Gasteiger partial charge in [0.15, 0.2) is 0 Å². The maximum atomic E-state index is 12.9. The van der Waals surface area contributed by atoms with Crippen molar-refractivity contribution in [3.05, 3.63) is 59.2 Å². The highest BCUT2D eigenvalue weighted by Crippen LogP contribution is 2.36. The van der Waals surface area contributed by atoms with Crippen molar-refractivity contribution in [2.24, 2.45) is 0 Å². The number of carbonyl (C=O) groups is 1. The van der Waals surface area contributed by atoms with Gasteiger partial charge in [0.2, 0.25) is 0 Å². The van der Waals surface area contributed by atoms with Gasteiger partial charge in [-0.1, -0.05) is 36.4 Å². The number of ether oxygens (including phenoxy) is 2. The summed E-state index contributed by atoms with van der Waals surface area (Å²) in [6.45, 7) is 2.83. The van der Waals surface area contributed by atoms with Crippen molar-refractivity contribution in [1.29, 1.82) is 0 Å². The van der Waals surface area contributed by atoms with Crippen LogP contribution in [0.3, 0.4) is 0 Å². The van der Waals surface area contributed by atoms with Gasteiger partial charge in [-0.15, -0.1) is 0 Å². The second kappa shape index (κ2) is 8.11. The summed E-state index contributed by atoms with van der Waals surface area (Å²) in [4.78, 5) is 15.2. The number of hydrogen-bond acceptors (Lipinski definition) is 4. The average molecular weight is 366 g/mol. The summed E-state index contributed by atoms with van der Waals surface area (Å²) in [5, 5.41) is 3.10. The monoisotopic (exact) mass is 366 g/mol. The Labute approximate surface area is 160 Å². The summed E-state index contributed by atoms with van der Waals surface area (Å²) in [7, 11) is 1.64. The molecule has 1 aliphatic heterocycles. The molecule has 5 nitrogen and oxygen atoms in total. The fourth-order valence-corrected chi connectivity index (χ4v) is 4.00. The SMILES string of the molecule is COc1ccc2c(c1NC(=O)[C@H]1CN(Cc3ccccc3)CCO1)CCC2. The van der Waals surface area contributed by atoms with E-state index in [1.165, 1.54) is 16.7 Å². The summed E-state index contributed by atoms with van der Waals surface area (Å²) in [6.07, 6.45) is 2.70. The summed E-state index contributed by atoms with van der Waals surface area (Å²) in [5.74, 6) is 0.632. The molecule has 1 amide bonds. The van der Waals surface area contributed by atoms with Gasteiger partial charge >= 0.3 is 0 Å². The topological polar surface area (TPSA) is 50.8 Å². The van der Waals surface area contributed by atoms with E-state index < -0.39 is 6.10 Å². The number of benzene rings is 2. The van der Waals surface area contributed by atoms with E-state index in [9.17, 15) is 4.79 Å². The van der Waals surface area contributed by atoms with Crippen LogP contribution in [-0.4, -0.2) is 43.7 Å². The first-order valence-electron chi connectivity index (χ1n) is 9.62. The lowest BCUT2D eigenvalue weighted by molar-refractivity contribution is -0.133. The van der Waals surface area contributed by atoms with Crippen LogP contribution in [0, 0.1) is 0 Å². The molecule has 1 atom stereocenters. The molecule has 0 saturated carbocycles. The highest BCUT2D eigenvalue weighted by molar-refractivity contribution is 5.96. The van der Waals surface area contributed by atoms with Crippen molar-refractivity contribution in [3.63, 3.8) is 0 Å². The van der Waals surface area contributed by atoms with Crippen molar-refractivity contribution < 1.29 is 14.3 Å². The van der Waals surface area contributed by atoms with Gasteiger partial charge in [0.05, 0.1) is 19.4 Å². The van der Waals surface area contributed by atoms with E-state index in [4.69, 9.17) is 9.47 Å². The van der Waals surface area contributed by atoms with Crippen LogP contribution in [0.5, 0.6) is 5.75 Å². The smallest absolute Gasteiger partial charge is 0.254 e. The van der Waals surface area contributed by atoms with E-state index >= 15 is 0 Å². The number of nitrogens with one attached hydrogen (secondary N) is 1. The number of amides is 1. The molecule has 2 aliphatic rings. The summed E-state index contributed by atoms with van der Waals surface area (Å²) >= 11 is 0. The van der Waals surface area contributed by atoms with Crippen LogP contribution in [0.2, 0.25) is 0 Å². The normalized spacial score (nSPS) is 19.5. The Bertz CT molecular complexity index is 807. The molecule has 0 bridgehead atoms. The molecule has 142 valence electrons. The molecule has 5 heteroatoms. The Morgan fingerprint density at radius 2 is 2.07 bits per heavy atom. The molecular weight excluding hydrogens is 340 g/mol. The number of methoxy groups -OCH3 is 1. The van der Waals surface area contributed by atoms with Crippen molar-refractivity contribution in [2.45, 2.75) is 31.9 Å². The van der Waals surface area contributed by atoms with E-state index in [1.807, 2.05) is 24.3 Å². The van der Waals surface area contributed by atoms with Crippen LogP contribution in [0.15, 0.2) is 42.5 Å². The van der Waals surface area contributed by atoms with E-state index in [0.717, 1.165) is 43.8 Å². The standard InChI is InChI=1S/C22H26N2O3/c1-26-19-11-10-17-8-5-9-18(17)21(19)23-22(25)20-15-24(12-13-27-20)14-16-6-3-2-4-7-16/h2-4,6-7,10-11,20H,5,8-9,12-15H2,1H3,(H,23,25)/t20-/m1/s1. The minimum Gasteiger partial charge on any atom is -0.495 e. The van der Waals surface area contributed by atoms with Crippen molar-refractivity contribution >= 4 is 11.6 Å². The summed E-state index contributed by atoms with van der Waals surface area (Å²) in [5.41, 5.74) is 4.59. The van der Waals surface area contributed by atoms with Gasteiger partial charge in [0.25, 0.3) is 5.91 Å². The van der Waals surface area contributed by atoms with Crippen molar-refractivity contribution in [3.8, 4) is 5.75 Å². The molecule has 1 N–H and O–H groups in total. The number of anilines is 1. The zero-order chi connectivity index (χ0) is 18.6. The predicted octanol–water partition coefficient (Wildman–Crippen LogP) is 3.02. The van der Waals surface area contributed by atoms with Gasteiger partial charge < -0.3 is 14.8 Å². The molecule has 4 rings (SSSR count). The highest BCUT2D eigenvalue weighted by atomic mass is 16.5. The van der Waals surface area contributed by atoms with Crippen LogP contribution in [0.1, 0.15) is 23.1 Å². The van der Waals surface area contributed by atoms with Crippen LogP contribution >= 0.6 is 0 Å². The largest absolute Gasteiger partial charge is 0.495 e. The van der Waals surface area contributed by atoms with E-state index in [1.54, 1.807) is 7.11 Å². The van der Waals surface area contributed by atoms with Gasteiger partial charge in [-0.25, -0.2) is 0 Å². The quantitative estimate of drug-likeness (QED) is 0.884. The predicted molar refractivity (Wildman–Crippen MR) is 105 cm³/mol. The van der Waals surface area contributed by atoms with Crippen molar-refractivity contribution in [2.75, 3.05) is 32.1 Å². The first-order chi connectivity index (χ1) is 13.2. The lowest BCUT2D eigenvalue weighted by atomic mass is 10.1. The molecule has 1 aliphatic carbocycles. The summed E-state index contributed by atoms with van der Waals surface area (Å²) < 4.78 is 11.3. The molecule has 0 radical (unpaired) electrons. The summed E-state index contributed by atoms with van der Waals surface area (Å²) in [6, 6.07) is 14.4. The number of nitrogens with zero attached hydrogens (tertiary/aromatic N) is 1. The second-order valence-corrected chi connectivity index (χ2v) is 7.20. The first kappa shape index (κ1) is 18.0. The van der Waals surface area contributed by atoms with Crippen LogP contribution in [0.25, 0.3) is 0 Å². The maximum absolute atomic E-state index is 12.9. The zero-order valence-corrected chi connectivity index (χ0v) is 15.7. The lowest BCUT2D eigenvalue weighted by Gasteiger charge is -2.32. The van der Waals surface area contributed by atoms with Gasteiger partial charge in [-0.05, 0) is 42.0 Å². The molecule has 0 aromatic heterocycles. The van der Waals surface area contributed by atoms with Crippen LogP contribution in [0.4, 0.5) is 5.69 Å². The molecule has 2 aromatic rings. The third-order valence-corrected chi connectivity index (χ3v) is 5.40. The molecule has 27 heavy (non-hydrogen) atoms. The molecule has 0 spiro atoms. The van der Waals surface area contributed by atoms with E-state index in [2.05, 4.69) is 28.4 Å². The molecule has 1 saturated heterocycles. The third-order valence-electron chi connectivity index (χ3n) is 5.40. The van der Waals surface area contributed by atoms with Gasteiger partial charge in [-0.2, -0.15) is 0 Å². The Kier molecular flexibility index (Phi) is 5.41. The average Bonchev–Trinajstić information content (AvgIpc) is 3.18. The number of aryl methyl sites for hydroxylation is 1. The number of fused-ring (bicyclic) bond motifs is 1. The minimum atomic E-state index is -0.468. The second-order valence-electron chi connectivity index (χ2n) is 7.20. The van der Waals surface area contributed by atoms with Crippen LogP contribution < -0.4 is 10.1 Å². The Balaban J connectivity index is 1.45. The van der Waals surface area contributed by atoms with Gasteiger partial charge in [0.1, 0.15) is 11.9 Å². The molecule has 1 heterocycles. The van der Waals surface area contributed by atoms with Crippen molar-refractivity contribution in [1.82, 2.24) is 4.90 Å². The van der Waals surface area contributed by atoms with E-state index in [0.29, 0.717) is 13.2 Å². The Morgan fingerprint density at radius 3 is 2.89 bits per heavy atom. The molecule has 1 fully saturated rings. The van der Waals surface area contributed by atoms with E-state index in [-0.39, 0.29) is 5.91 Å². The molecule has 0 unspecified atom stereocenters. The molecular formula is C22H26N2O3. The lowest BCUT2D eigenvalue weighted by Crippen LogP contribution is -2.47. The Morgan fingerprint density at radius 1 is 1.22 bits per heavy atom. The third kappa shape index (κ3) is 3.99. The number of morpholine rings is 1. The fraction of sp³-hybridized carbons (Fsp3) is 0.409. The highest BCUT2D eigenvalue weighted by Gasteiger charge is 2.29. The van der Waals surface area contributed by atoms with Gasteiger partial charge in [0, 0.05) is 19.6 Å². The minimum absolute atomic E-state index is 0.0913. The zero-order valence-electron chi connectivity index (χ0n) is 15.7. The van der Waals surface area contributed by atoms with Gasteiger partial charge in [-0.3, -0.25) is 9.69 Å². The number of hydrogen-bond donors (Lipinski definition) is 1. The Hall–Kier alpha value is -2.37. The number of carbonyl (C=O) groups excluding carboxylic acids is 1. The number of rotatable bonds is 5. The molecule has 2 aromatic carbocycles.